The Morgan fingerprint density at radius 2 is 1.67 bits per heavy atom. The third kappa shape index (κ3) is 2.61. The minimum Gasteiger partial charge on any atom is -0.508 e. The Balaban J connectivity index is 2.30. The fourth-order valence-electron chi connectivity index (χ4n) is 2.69. The van der Waals surface area contributed by atoms with E-state index in [9.17, 15) is 20.3 Å². The molecular weight excluding hydrogens is 306 g/mol. The maximum absolute atomic E-state index is 11.5. The first-order valence-corrected chi connectivity index (χ1v) is 7.26. The van der Waals surface area contributed by atoms with Crippen LogP contribution in [0.15, 0.2) is 72.8 Å². The summed E-state index contributed by atoms with van der Waals surface area (Å²) in [5, 5.41) is 32.8. The molecule has 0 fully saturated rings. The van der Waals surface area contributed by atoms with Crippen molar-refractivity contribution in [2.75, 3.05) is 0 Å². The van der Waals surface area contributed by atoms with Crippen LogP contribution in [0.25, 0.3) is 0 Å². The number of nitro benzene ring substituents is 1. The van der Waals surface area contributed by atoms with Gasteiger partial charge >= 0.3 is 0 Å². The van der Waals surface area contributed by atoms with Gasteiger partial charge in [0.25, 0.3) is 5.69 Å². The SMILES string of the molecule is O=[N+]([O-])c1cc[c]c(C(O)(c2ccccc2)c2ccccc2O)c1. The van der Waals surface area contributed by atoms with E-state index in [0.29, 0.717) is 5.56 Å². The third-order valence-corrected chi connectivity index (χ3v) is 3.87. The minimum absolute atomic E-state index is 0.108. The van der Waals surface area contributed by atoms with Gasteiger partial charge in [0, 0.05) is 23.3 Å². The second-order valence-corrected chi connectivity index (χ2v) is 5.31. The highest BCUT2D eigenvalue weighted by Gasteiger charge is 2.37. The number of nitro groups is 1. The number of benzene rings is 3. The molecule has 5 nitrogen and oxygen atoms in total. The van der Waals surface area contributed by atoms with Crippen molar-refractivity contribution < 1.29 is 15.1 Å². The van der Waals surface area contributed by atoms with Crippen molar-refractivity contribution in [2.45, 2.75) is 5.60 Å². The maximum atomic E-state index is 11.5. The van der Waals surface area contributed by atoms with Gasteiger partial charge in [-0.25, -0.2) is 0 Å². The lowest BCUT2D eigenvalue weighted by molar-refractivity contribution is -0.385. The molecule has 1 atom stereocenters. The van der Waals surface area contributed by atoms with Crippen LogP contribution in [0.2, 0.25) is 0 Å². The highest BCUT2D eigenvalue weighted by molar-refractivity contribution is 5.53. The van der Waals surface area contributed by atoms with E-state index in [2.05, 4.69) is 6.07 Å². The van der Waals surface area contributed by atoms with Crippen LogP contribution in [0.3, 0.4) is 0 Å². The molecule has 0 aromatic heterocycles. The zero-order valence-electron chi connectivity index (χ0n) is 12.6. The molecule has 3 aromatic carbocycles. The van der Waals surface area contributed by atoms with E-state index in [4.69, 9.17) is 0 Å². The second kappa shape index (κ2) is 6.14. The predicted octanol–water partition coefficient (Wildman–Crippen LogP) is 3.38. The molecule has 3 aromatic rings. The molecule has 24 heavy (non-hydrogen) atoms. The summed E-state index contributed by atoms with van der Waals surface area (Å²) >= 11 is 0. The molecule has 2 N–H and O–H groups in total. The zero-order valence-corrected chi connectivity index (χ0v) is 12.6. The molecule has 119 valence electrons. The summed E-state index contributed by atoms with van der Waals surface area (Å²) in [6.07, 6.45) is 0. The van der Waals surface area contributed by atoms with Gasteiger partial charge < -0.3 is 10.2 Å². The Kier molecular flexibility index (Phi) is 4.02. The monoisotopic (exact) mass is 320 g/mol. The fourth-order valence-corrected chi connectivity index (χ4v) is 2.69. The summed E-state index contributed by atoms with van der Waals surface area (Å²) in [6, 6.07) is 21.9. The van der Waals surface area contributed by atoms with Crippen molar-refractivity contribution in [2.24, 2.45) is 0 Å². The van der Waals surface area contributed by atoms with Crippen molar-refractivity contribution in [1.82, 2.24) is 0 Å². The van der Waals surface area contributed by atoms with E-state index in [1.807, 2.05) is 0 Å². The first-order valence-electron chi connectivity index (χ1n) is 7.26. The number of phenols is 1. The summed E-state index contributed by atoms with van der Waals surface area (Å²) < 4.78 is 0. The van der Waals surface area contributed by atoms with Gasteiger partial charge in [-0.1, -0.05) is 48.5 Å². The van der Waals surface area contributed by atoms with Gasteiger partial charge in [0.15, 0.2) is 0 Å². The number of para-hydroxylation sites is 1. The highest BCUT2D eigenvalue weighted by Crippen LogP contribution is 2.41. The number of aliphatic hydroxyl groups is 1. The van der Waals surface area contributed by atoms with Crippen molar-refractivity contribution in [1.29, 1.82) is 0 Å². The van der Waals surface area contributed by atoms with Crippen LogP contribution in [0, 0.1) is 16.2 Å². The van der Waals surface area contributed by atoms with Crippen LogP contribution in [-0.4, -0.2) is 15.1 Å². The Morgan fingerprint density at radius 3 is 2.33 bits per heavy atom. The first kappa shape index (κ1) is 15.7. The van der Waals surface area contributed by atoms with E-state index in [1.165, 1.54) is 24.3 Å². The van der Waals surface area contributed by atoms with E-state index in [-0.39, 0.29) is 22.6 Å². The summed E-state index contributed by atoms with van der Waals surface area (Å²) in [5.74, 6) is -0.108. The Morgan fingerprint density at radius 1 is 1.00 bits per heavy atom. The number of phenolic OH excluding ortho intramolecular Hbond substituents is 1. The lowest BCUT2D eigenvalue weighted by Crippen LogP contribution is -2.29. The predicted molar refractivity (Wildman–Crippen MR) is 88.6 cm³/mol. The van der Waals surface area contributed by atoms with Gasteiger partial charge in [-0.2, -0.15) is 0 Å². The van der Waals surface area contributed by atoms with Gasteiger partial charge in [-0.15, -0.1) is 0 Å². The standard InChI is InChI=1S/C19H14NO4/c21-18-12-5-4-11-17(18)19(22,14-7-2-1-3-8-14)15-9-6-10-16(13-15)20(23)24/h1-8,10-13,21-22H. The number of nitrogens with zero attached hydrogens (tertiary/aromatic N) is 1. The average molecular weight is 320 g/mol. The van der Waals surface area contributed by atoms with E-state index in [1.54, 1.807) is 48.5 Å². The number of hydrogen-bond acceptors (Lipinski definition) is 4. The van der Waals surface area contributed by atoms with Gasteiger partial charge in [-0.3, -0.25) is 10.1 Å². The van der Waals surface area contributed by atoms with E-state index < -0.39 is 10.5 Å². The average Bonchev–Trinajstić information content (AvgIpc) is 2.62. The lowest BCUT2D eigenvalue weighted by atomic mass is 9.80. The summed E-state index contributed by atoms with van der Waals surface area (Å²) in [4.78, 5) is 10.5. The smallest absolute Gasteiger partial charge is 0.269 e. The molecule has 0 amide bonds. The number of hydrogen-bond donors (Lipinski definition) is 2. The molecule has 0 saturated carbocycles. The molecule has 0 aliphatic rings. The van der Waals surface area contributed by atoms with E-state index >= 15 is 0 Å². The molecule has 1 unspecified atom stereocenters. The van der Waals surface area contributed by atoms with Gasteiger partial charge in [-0.05, 0) is 23.8 Å². The maximum Gasteiger partial charge on any atom is 0.269 e. The van der Waals surface area contributed by atoms with Crippen molar-refractivity contribution in [3.05, 3.63) is 106 Å². The summed E-state index contributed by atoms with van der Waals surface area (Å²) in [7, 11) is 0. The molecule has 0 aliphatic heterocycles. The molecule has 0 heterocycles. The first-order chi connectivity index (χ1) is 11.5. The van der Waals surface area contributed by atoms with Crippen LogP contribution in [0.4, 0.5) is 5.69 Å². The van der Waals surface area contributed by atoms with E-state index in [0.717, 1.165) is 0 Å². The fraction of sp³-hybridized carbons (Fsp3) is 0.0526. The Hall–Kier alpha value is -3.18. The molecule has 3 rings (SSSR count). The van der Waals surface area contributed by atoms with Crippen LogP contribution in [-0.2, 0) is 5.60 Å². The van der Waals surface area contributed by atoms with Crippen LogP contribution < -0.4 is 0 Å². The molecular formula is C19H14NO4. The highest BCUT2D eigenvalue weighted by atomic mass is 16.6. The molecule has 0 aliphatic carbocycles. The van der Waals surface area contributed by atoms with Crippen molar-refractivity contribution in [3.63, 3.8) is 0 Å². The Bertz CT molecular complexity index is 879. The van der Waals surface area contributed by atoms with Crippen LogP contribution in [0.1, 0.15) is 16.7 Å². The van der Waals surface area contributed by atoms with Gasteiger partial charge in [0.05, 0.1) is 4.92 Å². The van der Waals surface area contributed by atoms with Gasteiger partial charge in [0.1, 0.15) is 11.4 Å². The Labute approximate surface area is 138 Å². The number of aromatic hydroxyl groups is 1. The topological polar surface area (TPSA) is 83.6 Å². The normalized spacial score (nSPS) is 13.2. The third-order valence-electron chi connectivity index (χ3n) is 3.87. The zero-order chi connectivity index (χ0) is 17.2. The summed E-state index contributed by atoms with van der Waals surface area (Å²) in [6.45, 7) is 0. The quantitative estimate of drug-likeness (QED) is 0.438. The molecule has 5 heteroatoms. The van der Waals surface area contributed by atoms with Gasteiger partial charge in [0.2, 0.25) is 0 Å². The second-order valence-electron chi connectivity index (χ2n) is 5.31. The van der Waals surface area contributed by atoms with Crippen LogP contribution >= 0.6 is 0 Å². The van der Waals surface area contributed by atoms with Crippen molar-refractivity contribution >= 4 is 5.69 Å². The largest absolute Gasteiger partial charge is 0.508 e. The number of rotatable bonds is 4. The minimum atomic E-state index is -1.77. The summed E-state index contributed by atoms with van der Waals surface area (Å²) in [5.41, 5.74) is -1.03. The number of non-ortho nitro benzene ring substituents is 1. The molecule has 0 spiro atoms. The van der Waals surface area contributed by atoms with Crippen LogP contribution in [0.5, 0.6) is 5.75 Å². The van der Waals surface area contributed by atoms with Crippen molar-refractivity contribution in [3.8, 4) is 5.75 Å². The lowest BCUT2D eigenvalue weighted by Gasteiger charge is -2.30. The molecule has 1 radical (unpaired) electrons. The molecule has 0 bridgehead atoms. The molecule has 0 saturated heterocycles.